The van der Waals surface area contributed by atoms with Crippen molar-refractivity contribution in [3.63, 3.8) is 0 Å². The summed E-state index contributed by atoms with van der Waals surface area (Å²) in [7, 11) is 1.36. The van der Waals surface area contributed by atoms with Crippen LogP contribution < -0.4 is 4.74 Å². The molecule has 0 fully saturated rings. The second-order valence-corrected chi connectivity index (χ2v) is 7.54. The van der Waals surface area contributed by atoms with E-state index in [2.05, 4.69) is 6.92 Å². The number of carbonyl (C=O) groups is 2. The molecule has 1 aromatic carbocycles. The number of aromatic carboxylic acids is 1. The fourth-order valence-electron chi connectivity index (χ4n) is 3.59. The molecule has 0 aromatic heterocycles. The van der Waals surface area contributed by atoms with E-state index < -0.39 is 18.0 Å². The van der Waals surface area contributed by atoms with Crippen LogP contribution in [0.1, 0.15) is 94.0 Å². The van der Waals surface area contributed by atoms with Gasteiger partial charge in [-0.3, -0.25) is 4.79 Å². The maximum Gasteiger partial charge on any atom is 0.339 e. The number of carboxylic acids is 1. The molecule has 0 aliphatic rings. The first kappa shape index (κ1) is 24.8. The molecule has 1 rings (SSSR count). The van der Waals surface area contributed by atoms with Crippen LogP contribution in [0.15, 0.2) is 12.1 Å². The fourth-order valence-corrected chi connectivity index (χ4v) is 3.59. The van der Waals surface area contributed by atoms with E-state index in [-0.39, 0.29) is 23.5 Å². The van der Waals surface area contributed by atoms with Crippen molar-refractivity contribution in [3.8, 4) is 11.5 Å². The summed E-state index contributed by atoms with van der Waals surface area (Å²) < 4.78 is 10.5. The molecule has 164 valence electrons. The number of benzene rings is 1. The van der Waals surface area contributed by atoms with Crippen LogP contribution in [-0.2, 0) is 16.0 Å². The number of esters is 1. The highest BCUT2D eigenvalue weighted by atomic mass is 16.5. The highest BCUT2D eigenvalue weighted by Crippen LogP contribution is 2.30. The molecule has 1 aromatic rings. The lowest BCUT2D eigenvalue weighted by molar-refractivity contribution is -0.146. The summed E-state index contributed by atoms with van der Waals surface area (Å²) >= 11 is 0. The monoisotopic (exact) mass is 408 g/mol. The first-order valence-corrected chi connectivity index (χ1v) is 10.7. The highest BCUT2D eigenvalue weighted by Gasteiger charge is 2.22. The van der Waals surface area contributed by atoms with Gasteiger partial charge in [0.2, 0.25) is 0 Å². The minimum absolute atomic E-state index is 0.00506. The first-order chi connectivity index (χ1) is 13.9. The fraction of sp³-hybridized carbons (Fsp3) is 0.652. The van der Waals surface area contributed by atoms with Gasteiger partial charge in [0.15, 0.2) is 0 Å². The third kappa shape index (κ3) is 9.68. The van der Waals surface area contributed by atoms with Gasteiger partial charge in [-0.15, -0.1) is 0 Å². The molecule has 6 nitrogen and oxygen atoms in total. The van der Waals surface area contributed by atoms with Gasteiger partial charge in [0.1, 0.15) is 23.2 Å². The minimum atomic E-state index is -1.14. The number of phenolic OH excluding ortho intramolecular Hbond substituents is 1. The summed E-state index contributed by atoms with van der Waals surface area (Å²) in [6.07, 6.45) is 11.2. The Labute approximate surface area is 174 Å². The second kappa shape index (κ2) is 13.9. The Kier molecular flexibility index (Phi) is 11.8. The van der Waals surface area contributed by atoms with Crippen LogP contribution in [0, 0.1) is 0 Å². The van der Waals surface area contributed by atoms with Crippen molar-refractivity contribution in [2.24, 2.45) is 0 Å². The van der Waals surface area contributed by atoms with E-state index >= 15 is 0 Å². The number of unbranched alkanes of at least 4 members (excludes halogenated alkanes) is 8. The van der Waals surface area contributed by atoms with Crippen LogP contribution in [0.25, 0.3) is 0 Å². The predicted octanol–water partition coefficient (Wildman–Crippen LogP) is 5.49. The molecule has 0 bridgehead atoms. The van der Waals surface area contributed by atoms with Gasteiger partial charge >= 0.3 is 11.9 Å². The molecule has 6 heteroatoms. The second-order valence-electron chi connectivity index (χ2n) is 7.54. The Morgan fingerprint density at radius 2 is 1.59 bits per heavy atom. The molecule has 0 radical (unpaired) electrons. The van der Waals surface area contributed by atoms with E-state index in [1.54, 1.807) is 0 Å². The number of methoxy groups -OCH3 is 1. The molecule has 1 unspecified atom stereocenters. The topological polar surface area (TPSA) is 93.1 Å². The van der Waals surface area contributed by atoms with Crippen LogP contribution in [0.5, 0.6) is 11.5 Å². The van der Waals surface area contributed by atoms with Crippen LogP contribution in [-0.4, -0.2) is 35.4 Å². The number of aromatic hydroxyl groups is 1. The lowest BCUT2D eigenvalue weighted by atomic mass is 9.96. The Morgan fingerprint density at radius 1 is 1.00 bits per heavy atom. The number of hydrogen-bond acceptors (Lipinski definition) is 5. The molecule has 0 aliphatic heterocycles. The average Bonchev–Trinajstić information content (AvgIpc) is 2.65. The Hall–Kier alpha value is -2.24. The van der Waals surface area contributed by atoms with Crippen molar-refractivity contribution < 1.29 is 29.3 Å². The van der Waals surface area contributed by atoms with Crippen molar-refractivity contribution in [2.45, 2.75) is 90.6 Å². The molecule has 0 spiro atoms. The zero-order chi connectivity index (χ0) is 21.6. The Bertz CT molecular complexity index is 641. The van der Waals surface area contributed by atoms with E-state index in [1.165, 1.54) is 64.7 Å². The van der Waals surface area contributed by atoms with Gasteiger partial charge in [0.05, 0.1) is 7.11 Å². The summed E-state index contributed by atoms with van der Waals surface area (Å²) in [5.74, 6) is -1.51. The summed E-state index contributed by atoms with van der Waals surface area (Å²) in [5.41, 5.74) is 0.394. The standard InChI is InChI=1S/C23H36O6/c1-4-5-6-7-8-9-10-11-12-13-20(29-17(2)24)15-18-14-19(25)16-21(28-3)22(18)23(26)27/h14,16,20,25H,4-13,15H2,1-3H3,(H,26,27). The lowest BCUT2D eigenvalue weighted by Crippen LogP contribution is -2.21. The maximum atomic E-state index is 11.7. The first-order valence-electron chi connectivity index (χ1n) is 10.7. The summed E-state index contributed by atoms with van der Waals surface area (Å²) in [6.45, 7) is 3.57. The number of phenols is 1. The average molecular weight is 409 g/mol. The van der Waals surface area contributed by atoms with E-state index in [0.29, 0.717) is 12.0 Å². The largest absolute Gasteiger partial charge is 0.508 e. The molecule has 0 heterocycles. The van der Waals surface area contributed by atoms with Gasteiger partial charge in [0, 0.05) is 19.4 Å². The third-order valence-corrected chi connectivity index (χ3v) is 5.01. The van der Waals surface area contributed by atoms with E-state index in [0.717, 1.165) is 19.3 Å². The predicted molar refractivity (Wildman–Crippen MR) is 113 cm³/mol. The molecule has 0 saturated heterocycles. The minimum Gasteiger partial charge on any atom is -0.508 e. The maximum absolute atomic E-state index is 11.7. The molecule has 0 saturated carbocycles. The van der Waals surface area contributed by atoms with E-state index in [4.69, 9.17) is 9.47 Å². The van der Waals surface area contributed by atoms with Gasteiger partial charge < -0.3 is 19.7 Å². The quantitative estimate of drug-likeness (QED) is 0.294. The van der Waals surface area contributed by atoms with Crippen LogP contribution in [0.3, 0.4) is 0 Å². The normalized spacial score (nSPS) is 11.8. The molecule has 1 atom stereocenters. The van der Waals surface area contributed by atoms with Crippen molar-refractivity contribution in [3.05, 3.63) is 23.3 Å². The van der Waals surface area contributed by atoms with Crippen molar-refractivity contribution in [1.82, 2.24) is 0 Å². The summed E-state index contributed by atoms with van der Waals surface area (Å²) in [5, 5.41) is 19.4. The number of ether oxygens (including phenoxy) is 2. The highest BCUT2D eigenvalue weighted by molar-refractivity contribution is 5.93. The van der Waals surface area contributed by atoms with Crippen molar-refractivity contribution >= 4 is 11.9 Å². The van der Waals surface area contributed by atoms with Gasteiger partial charge in [-0.1, -0.05) is 58.3 Å². The number of rotatable bonds is 15. The molecular formula is C23H36O6. The van der Waals surface area contributed by atoms with Gasteiger partial charge in [-0.05, 0) is 24.5 Å². The van der Waals surface area contributed by atoms with Crippen LogP contribution >= 0.6 is 0 Å². The number of carboxylic acid groups (broad SMARTS) is 1. The number of carbonyl (C=O) groups excluding carboxylic acids is 1. The van der Waals surface area contributed by atoms with Crippen molar-refractivity contribution in [2.75, 3.05) is 7.11 Å². The lowest BCUT2D eigenvalue weighted by Gasteiger charge is -2.19. The van der Waals surface area contributed by atoms with Gasteiger partial charge in [-0.25, -0.2) is 4.79 Å². The van der Waals surface area contributed by atoms with E-state index in [1.807, 2.05) is 0 Å². The summed E-state index contributed by atoms with van der Waals surface area (Å²) in [6, 6.07) is 2.67. The van der Waals surface area contributed by atoms with Crippen molar-refractivity contribution in [1.29, 1.82) is 0 Å². The van der Waals surface area contributed by atoms with Gasteiger partial charge in [-0.2, -0.15) is 0 Å². The zero-order valence-electron chi connectivity index (χ0n) is 18.0. The third-order valence-electron chi connectivity index (χ3n) is 5.01. The molecular weight excluding hydrogens is 372 g/mol. The van der Waals surface area contributed by atoms with Gasteiger partial charge in [0.25, 0.3) is 0 Å². The van der Waals surface area contributed by atoms with Crippen LogP contribution in [0.2, 0.25) is 0 Å². The molecule has 0 aliphatic carbocycles. The Morgan fingerprint density at radius 3 is 2.10 bits per heavy atom. The summed E-state index contributed by atoms with van der Waals surface area (Å²) in [4.78, 5) is 23.2. The Balaban J connectivity index is 2.63. The van der Waals surface area contributed by atoms with E-state index in [9.17, 15) is 19.8 Å². The zero-order valence-corrected chi connectivity index (χ0v) is 18.0. The molecule has 2 N–H and O–H groups in total. The number of hydrogen-bond donors (Lipinski definition) is 2. The SMILES string of the molecule is CCCCCCCCCCCC(Cc1cc(O)cc(OC)c1C(=O)O)OC(C)=O. The smallest absolute Gasteiger partial charge is 0.339 e. The molecule has 29 heavy (non-hydrogen) atoms. The molecule has 0 amide bonds. The van der Waals surface area contributed by atoms with Crippen LogP contribution in [0.4, 0.5) is 0 Å².